The van der Waals surface area contributed by atoms with Gasteiger partial charge in [0, 0.05) is 24.2 Å². The molecule has 1 N–H and O–H groups in total. The van der Waals surface area contributed by atoms with Gasteiger partial charge in [0.15, 0.2) is 0 Å². The van der Waals surface area contributed by atoms with E-state index in [9.17, 15) is 0 Å². The molecule has 1 aliphatic heterocycles. The van der Waals surface area contributed by atoms with E-state index in [1.165, 1.54) is 19.3 Å². The number of nitrogens with zero attached hydrogens (tertiary/aromatic N) is 1. The van der Waals surface area contributed by atoms with Gasteiger partial charge < -0.3 is 5.32 Å². The Bertz CT molecular complexity index is 213. The highest BCUT2D eigenvalue weighted by atomic mass is 35.5. The predicted octanol–water partition coefficient (Wildman–Crippen LogP) is 1.81. The molecule has 0 radical (unpaired) electrons. The van der Waals surface area contributed by atoms with Crippen molar-refractivity contribution in [3.8, 4) is 0 Å². The number of halogens is 1. The molecule has 2 nitrogen and oxygen atoms in total. The Hall–Kier alpha value is -0.0500. The third-order valence-corrected chi connectivity index (χ3v) is 3.22. The quantitative estimate of drug-likeness (QED) is 0.771. The molecule has 80 valence electrons. The summed E-state index contributed by atoms with van der Waals surface area (Å²) in [4.78, 5) is 2.43. The first kappa shape index (κ1) is 10.5. The van der Waals surface area contributed by atoms with Crippen LogP contribution in [0.2, 0.25) is 0 Å². The summed E-state index contributed by atoms with van der Waals surface area (Å²) in [6.45, 7) is 8.09. The summed E-state index contributed by atoms with van der Waals surface area (Å²) >= 11 is 5.85. The fourth-order valence-electron chi connectivity index (χ4n) is 2.22. The Morgan fingerprint density at radius 1 is 1.50 bits per heavy atom. The van der Waals surface area contributed by atoms with Gasteiger partial charge in [-0.2, -0.15) is 0 Å². The van der Waals surface area contributed by atoms with E-state index in [2.05, 4.69) is 16.8 Å². The van der Waals surface area contributed by atoms with Crippen molar-refractivity contribution in [3.63, 3.8) is 0 Å². The minimum atomic E-state index is 0.702. The average molecular weight is 215 g/mol. The van der Waals surface area contributed by atoms with Crippen LogP contribution in [0.4, 0.5) is 0 Å². The Kier molecular flexibility index (Phi) is 3.47. The predicted molar refractivity (Wildman–Crippen MR) is 60.6 cm³/mol. The van der Waals surface area contributed by atoms with Crippen LogP contribution in [0.1, 0.15) is 19.3 Å². The molecule has 2 aliphatic rings. The molecule has 14 heavy (non-hydrogen) atoms. The summed E-state index contributed by atoms with van der Waals surface area (Å²) in [6.07, 6.45) is 4.05. The van der Waals surface area contributed by atoms with E-state index in [-0.39, 0.29) is 0 Å². The molecule has 3 heteroatoms. The standard InChI is InChI=1S/C11H19ClN2/c1-9(12)7-14-6-2-5-13-11(8-14)10-3-4-10/h10-11,13H,1-8H2. The van der Waals surface area contributed by atoms with Crippen LogP contribution < -0.4 is 5.32 Å². The fraction of sp³-hybridized carbons (Fsp3) is 0.818. The van der Waals surface area contributed by atoms with Crippen molar-refractivity contribution in [2.75, 3.05) is 26.2 Å². The summed E-state index contributed by atoms with van der Waals surface area (Å²) in [7, 11) is 0. The minimum absolute atomic E-state index is 0.702. The van der Waals surface area contributed by atoms with Crippen molar-refractivity contribution < 1.29 is 0 Å². The molecular weight excluding hydrogens is 196 g/mol. The summed E-state index contributed by atoms with van der Waals surface area (Å²) in [6, 6.07) is 0.702. The highest BCUT2D eigenvalue weighted by Gasteiger charge is 2.32. The fourth-order valence-corrected chi connectivity index (χ4v) is 2.39. The van der Waals surface area contributed by atoms with Crippen molar-refractivity contribution in [2.24, 2.45) is 5.92 Å². The van der Waals surface area contributed by atoms with Crippen molar-refractivity contribution in [1.29, 1.82) is 0 Å². The zero-order valence-corrected chi connectivity index (χ0v) is 9.39. The van der Waals surface area contributed by atoms with Crippen molar-refractivity contribution in [3.05, 3.63) is 11.6 Å². The molecule has 1 aliphatic carbocycles. The lowest BCUT2D eigenvalue weighted by Crippen LogP contribution is -2.39. The molecule has 1 unspecified atom stereocenters. The zero-order chi connectivity index (χ0) is 9.97. The van der Waals surface area contributed by atoms with Gasteiger partial charge in [-0.1, -0.05) is 18.2 Å². The first-order chi connectivity index (χ1) is 6.75. The zero-order valence-electron chi connectivity index (χ0n) is 8.64. The van der Waals surface area contributed by atoms with Gasteiger partial charge in [0.25, 0.3) is 0 Å². The normalized spacial score (nSPS) is 29.9. The van der Waals surface area contributed by atoms with Gasteiger partial charge in [-0.15, -0.1) is 0 Å². The third-order valence-electron chi connectivity index (χ3n) is 3.10. The average Bonchev–Trinajstić information content (AvgIpc) is 2.86. The Balaban J connectivity index is 1.86. The summed E-state index contributed by atoms with van der Waals surface area (Å²) in [5, 5.41) is 4.40. The molecule has 0 aromatic heterocycles. The molecule has 1 saturated heterocycles. The minimum Gasteiger partial charge on any atom is -0.312 e. The summed E-state index contributed by atoms with van der Waals surface area (Å²) in [5.74, 6) is 0.930. The number of nitrogens with one attached hydrogen (secondary N) is 1. The maximum atomic E-state index is 5.85. The lowest BCUT2D eigenvalue weighted by atomic mass is 10.2. The maximum absolute atomic E-state index is 5.85. The van der Waals surface area contributed by atoms with E-state index in [1.54, 1.807) is 0 Å². The van der Waals surface area contributed by atoms with Gasteiger partial charge in [0.05, 0.1) is 0 Å². The largest absolute Gasteiger partial charge is 0.312 e. The van der Waals surface area contributed by atoms with Crippen LogP contribution in [0.3, 0.4) is 0 Å². The van der Waals surface area contributed by atoms with Gasteiger partial charge in [0.2, 0.25) is 0 Å². The summed E-state index contributed by atoms with van der Waals surface area (Å²) in [5.41, 5.74) is 0. The second kappa shape index (κ2) is 4.65. The van der Waals surface area contributed by atoms with Gasteiger partial charge >= 0.3 is 0 Å². The Morgan fingerprint density at radius 2 is 2.29 bits per heavy atom. The molecule has 2 fully saturated rings. The highest BCUT2D eigenvalue weighted by Crippen LogP contribution is 2.33. The van der Waals surface area contributed by atoms with Crippen LogP contribution >= 0.6 is 11.6 Å². The van der Waals surface area contributed by atoms with Crippen LogP contribution in [0.5, 0.6) is 0 Å². The second-order valence-corrected chi connectivity index (χ2v) is 5.04. The van der Waals surface area contributed by atoms with Crippen molar-refractivity contribution in [1.82, 2.24) is 10.2 Å². The van der Waals surface area contributed by atoms with Crippen LogP contribution in [0, 0.1) is 5.92 Å². The van der Waals surface area contributed by atoms with E-state index in [1.807, 2.05) is 0 Å². The molecule has 1 atom stereocenters. The van der Waals surface area contributed by atoms with Gasteiger partial charge in [0.1, 0.15) is 0 Å². The van der Waals surface area contributed by atoms with Crippen LogP contribution in [-0.4, -0.2) is 37.1 Å². The van der Waals surface area contributed by atoms with E-state index in [0.717, 1.165) is 37.1 Å². The van der Waals surface area contributed by atoms with Gasteiger partial charge in [-0.3, -0.25) is 4.90 Å². The molecule has 0 aromatic carbocycles. The van der Waals surface area contributed by atoms with Crippen LogP contribution in [0.15, 0.2) is 11.6 Å². The first-order valence-corrected chi connectivity index (χ1v) is 5.92. The monoisotopic (exact) mass is 214 g/mol. The van der Waals surface area contributed by atoms with E-state index in [4.69, 9.17) is 11.6 Å². The maximum Gasteiger partial charge on any atom is 0.0336 e. The molecule has 0 spiro atoms. The topological polar surface area (TPSA) is 15.3 Å². The first-order valence-electron chi connectivity index (χ1n) is 5.55. The van der Waals surface area contributed by atoms with Gasteiger partial charge in [-0.25, -0.2) is 0 Å². The van der Waals surface area contributed by atoms with Crippen molar-refractivity contribution in [2.45, 2.75) is 25.3 Å². The highest BCUT2D eigenvalue weighted by molar-refractivity contribution is 6.29. The lowest BCUT2D eigenvalue weighted by Gasteiger charge is -2.23. The van der Waals surface area contributed by atoms with E-state index >= 15 is 0 Å². The lowest BCUT2D eigenvalue weighted by molar-refractivity contribution is 0.282. The molecule has 0 amide bonds. The smallest absolute Gasteiger partial charge is 0.0336 e. The number of hydrogen-bond acceptors (Lipinski definition) is 2. The Labute approximate surface area is 91.3 Å². The SMILES string of the molecule is C=C(Cl)CN1CCCNC(C2CC2)C1. The molecule has 1 saturated carbocycles. The Morgan fingerprint density at radius 3 is 2.93 bits per heavy atom. The molecule has 1 heterocycles. The van der Waals surface area contributed by atoms with E-state index < -0.39 is 0 Å². The van der Waals surface area contributed by atoms with E-state index in [0.29, 0.717) is 6.04 Å². The molecule has 0 bridgehead atoms. The number of rotatable bonds is 3. The molecular formula is C11H19ClN2. The van der Waals surface area contributed by atoms with Crippen LogP contribution in [0.25, 0.3) is 0 Å². The van der Waals surface area contributed by atoms with Crippen LogP contribution in [-0.2, 0) is 0 Å². The summed E-state index contributed by atoms with van der Waals surface area (Å²) < 4.78 is 0. The molecule has 0 aromatic rings. The van der Waals surface area contributed by atoms with Crippen molar-refractivity contribution >= 4 is 11.6 Å². The second-order valence-electron chi connectivity index (χ2n) is 4.50. The third kappa shape index (κ3) is 2.97. The molecule has 2 rings (SSSR count). The van der Waals surface area contributed by atoms with Gasteiger partial charge in [-0.05, 0) is 38.3 Å². The number of hydrogen-bond donors (Lipinski definition) is 1.